The smallest absolute Gasteiger partial charge is 0.341 e. The normalized spacial score (nSPS) is 18.0. The van der Waals surface area contributed by atoms with Crippen LogP contribution in [0.4, 0.5) is 13.6 Å². The maximum Gasteiger partial charge on any atom is 0.341 e. The summed E-state index contributed by atoms with van der Waals surface area (Å²) in [7, 11) is 1.79. The molecule has 3 aromatic heterocycles. The fraction of sp³-hybridized carbons (Fsp3) is 0.318. The van der Waals surface area contributed by atoms with Gasteiger partial charge in [0.25, 0.3) is 0 Å². The number of hydrogen-bond donors (Lipinski definition) is 0. The predicted molar refractivity (Wildman–Crippen MR) is 114 cm³/mol. The van der Waals surface area contributed by atoms with Gasteiger partial charge in [0, 0.05) is 31.9 Å². The molecule has 0 unspecified atom stereocenters. The van der Waals surface area contributed by atoms with Gasteiger partial charge in [0.15, 0.2) is 11.6 Å². The van der Waals surface area contributed by atoms with Gasteiger partial charge in [-0.2, -0.15) is 10.2 Å². The van der Waals surface area contributed by atoms with Crippen LogP contribution in [0.5, 0.6) is 5.75 Å². The zero-order valence-corrected chi connectivity index (χ0v) is 18.0. The van der Waals surface area contributed by atoms with E-state index in [1.54, 1.807) is 35.1 Å². The summed E-state index contributed by atoms with van der Waals surface area (Å²) < 4.78 is 35.4. The molecule has 0 N–H and O–H groups in total. The Bertz CT molecular complexity index is 1220. The van der Waals surface area contributed by atoms with Crippen LogP contribution in [0.3, 0.4) is 0 Å². The first-order valence-corrected chi connectivity index (χ1v) is 10.4. The molecular weight excluding hydrogens is 432 g/mol. The number of ether oxygens (including phenoxy) is 1. The number of hydrazone groups is 1. The van der Waals surface area contributed by atoms with Gasteiger partial charge in [0.05, 0.1) is 49.1 Å². The van der Waals surface area contributed by atoms with Gasteiger partial charge < -0.3 is 9.64 Å². The molecule has 1 fully saturated rings. The first kappa shape index (κ1) is 21.0. The lowest BCUT2D eigenvalue weighted by molar-refractivity contribution is 0.0256. The standard InChI is InChI=1S/C22H21F2N7O2/c1-13-7-28-29(2)21(13)18-6-20(17(24)10-26-18)33-16-11-30(12-16)22(32)31-19(3-4-27-31)14-5-15(23)9-25-8-14/h4-10,16,19H,3,11-12H2,1-2H3/t19-/m0/s1. The van der Waals surface area contributed by atoms with Crippen LogP contribution in [0.25, 0.3) is 11.4 Å². The van der Waals surface area contributed by atoms with Crippen LogP contribution in [0.2, 0.25) is 0 Å². The Morgan fingerprint density at radius 1 is 1.15 bits per heavy atom. The Morgan fingerprint density at radius 3 is 2.70 bits per heavy atom. The molecule has 5 rings (SSSR count). The second kappa shape index (κ2) is 8.23. The Kier molecular flexibility index (Phi) is 5.23. The molecule has 2 aliphatic rings. The number of carbonyl (C=O) groups is 1. The number of aryl methyl sites for hydroxylation is 2. The van der Waals surface area contributed by atoms with E-state index in [-0.39, 0.29) is 31.0 Å². The summed E-state index contributed by atoms with van der Waals surface area (Å²) >= 11 is 0. The van der Waals surface area contributed by atoms with Gasteiger partial charge in [-0.25, -0.2) is 18.6 Å². The van der Waals surface area contributed by atoms with E-state index in [0.717, 1.165) is 23.7 Å². The second-order valence-corrected chi connectivity index (χ2v) is 8.06. The highest BCUT2D eigenvalue weighted by Crippen LogP contribution is 2.32. The Labute approximate surface area is 188 Å². The van der Waals surface area contributed by atoms with E-state index in [4.69, 9.17) is 4.74 Å². The average Bonchev–Trinajstić information content (AvgIpc) is 3.38. The molecule has 5 heterocycles. The van der Waals surface area contributed by atoms with Crippen molar-refractivity contribution in [3.8, 4) is 17.1 Å². The number of nitrogens with zero attached hydrogens (tertiary/aromatic N) is 7. The minimum absolute atomic E-state index is 0.0700. The summed E-state index contributed by atoms with van der Waals surface area (Å²) in [5, 5.41) is 9.67. The third-order valence-corrected chi connectivity index (χ3v) is 5.73. The topological polar surface area (TPSA) is 88.7 Å². The quantitative estimate of drug-likeness (QED) is 0.606. The van der Waals surface area contributed by atoms with Crippen LogP contribution >= 0.6 is 0 Å². The highest BCUT2D eigenvalue weighted by molar-refractivity contribution is 5.79. The van der Waals surface area contributed by atoms with Crippen molar-refractivity contribution < 1.29 is 18.3 Å². The largest absolute Gasteiger partial charge is 0.483 e. The SMILES string of the molecule is Cc1cnn(C)c1-c1cc(OC2CN(C(=O)N3N=CC[C@H]3c3cncc(F)c3)C2)c(F)cn1. The number of rotatable bonds is 4. The first-order chi connectivity index (χ1) is 15.9. The lowest BCUT2D eigenvalue weighted by Gasteiger charge is -2.41. The summed E-state index contributed by atoms with van der Waals surface area (Å²) in [6.45, 7) is 2.46. The molecule has 9 nitrogen and oxygen atoms in total. The Balaban J connectivity index is 1.24. The lowest BCUT2D eigenvalue weighted by Crippen LogP contribution is -2.58. The summed E-state index contributed by atoms with van der Waals surface area (Å²) in [6, 6.07) is 2.16. The molecule has 1 atom stereocenters. The van der Waals surface area contributed by atoms with Gasteiger partial charge in [0.2, 0.25) is 0 Å². The minimum Gasteiger partial charge on any atom is -0.483 e. The van der Waals surface area contributed by atoms with Gasteiger partial charge in [-0.05, 0) is 24.1 Å². The van der Waals surface area contributed by atoms with Crippen LogP contribution in [0, 0.1) is 18.6 Å². The van der Waals surface area contributed by atoms with E-state index in [1.165, 1.54) is 17.3 Å². The molecule has 2 aliphatic heterocycles. The molecule has 1 saturated heterocycles. The molecule has 0 saturated carbocycles. The number of pyridine rings is 2. The maximum atomic E-state index is 14.4. The molecule has 3 aromatic rings. The number of carbonyl (C=O) groups excluding carboxylic acids is 1. The van der Waals surface area contributed by atoms with Crippen molar-refractivity contribution in [1.29, 1.82) is 0 Å². The number of amides is 2. The van der Waals surface area contributed by atoms with Crippen LogP contribution in [-0.4, -0.2) is 61.1 Å². The summed E-state index contributed by atoms with van der Waals surface area (Å²) in [5.74, 6) is -0.976. The highest BCUT2D eigenvalue weighted by Gasteiger charge is 2.39. The number of aromatic nitrogens is 4. The monoisotopic (exact) mass is 453 g/mol. The van der Waals surface area contributed by atoms with Crippen molar-refractivity contribution in [3.05, 3.63) is 59.7 Å². The molecule has 0 spiro atoms. The van der Waals surface area contributed by atoms with E-state index >= 15 is 0 Å². The molecule has 0 aliphatic carbocycles. The Hall–Kier alpha value is -3.89. The van der Waals surface area contributed by atoms with Gasteiger partial charge in [-0.15, -0.1) is 0 Å². The maximum absolute atomic E-state index is 14.4. The van der Waals surface area contributed by atoms with Crippen LogP contribution in [-0.2, 0) is 7.05 Å². The predicted octanol–water partition coefficient (Wildman–Crippen LogP) is 3.08. The number of likely N-dealkylation sites (tertiary alicyclic amines) is 1. The zero-order valence-electron chi connectivity index (χ0n) is 18.0. The third kappa shape index (κ3) is 3.90. The summed E-state index contributed by atoms with van der Waals surface area (Å²) in [4.78, 5) is 22.5. The van der Waals surface area contributed by atoms with E-state index in [2.05, 4.69) is 20.2 Å². The van der Waals surface area contributed by atoms with E-state index in [9.17, 15) is 13.6 Å². The van der Waals surface area contributed by atoms with Gasteiger partial charge >= 0.3 is 6.03 Å². The molecule has 0 bridgehead atoms. The van der Waals surface area contributed by atoms with E-state index < -0.39 is 17.7 Å². The van der Waals surface area contributed by atoms with Gasteiger partial charge in [-0.3, -0.25) is 14.6 Å². The van der Waals surface area contributed by atoms with Crippen molar-refractivity contribution in [2.45, 2.75) is 25.5 Å². The number of hydrogen-bond acceptors (Lipinski definition) is 6. The van der Waals surface area contributed by atoms with Crippen molar-refractivity contribution in [2.75, 3.05) is 13.1 Å². The summed E-state index contributed by atoms with van der Waals surface area (Å²) in [6.07, 6.45) is 7.20. The second-order valence-electron chi connectivity index (χ2n) is 8.06. The molecule has 11 heteroatoms. The van der Waals surface area contributed by atoms with Gasteiger partial charge in [-0.1, -0.05) is 0 Å². The molecule has 2 amide bonds. The Morgan fingerprint density at radius 2 is 1.97 bits per heavy atom. The molecule has 0 radical (unpaired) electrons. The van der Waals surface area contributed by atoms with Crippen molar-refractivity contribution in [3.63, 3.8) is 0 Å². The number of halogens is 2. The fourth-order valence-electron chi connectivity index (χ4n) is 4.03. The minimum atomic E-state index is -0.578. The van der Waals surface area contributed by atoms with Crippen molar-refractivity contribution >= 4 is 12.2 Å². The fourth-order valence-corrected chi connectivity index (χ4v) is 4.03. The van der Waals surface area contributed by atoms with Gasteiger partial charge in [0.1, 0.15) is 11.9 Å². The first-order valence-electron chi connectivity index (χ1n) is 10.4. The van der Waals surface area contributed by atoms with E-state index in [1.807, 2.05) is 6.92 Å². The lowest BCUT2D eigenvalue weighted by atomic mass is 10.1. The third-order valence-electron chi connectivity index (χ3n) is 5.73. The van der Waals surface area contributed by atoms with E-state index in [0.29, 0.717) is 17.7 Å². The number of urea groups is 1. The summed E-state index contributed by atoms with van der Waals surface area (Å²) in [5.41, 5.74) is 2.81. The molecule has 170 valence electrons. The molecule has 33 heavy (non-hydrogen) atoms. The molecular formula is C22H21F2N7O2. The molecule has 0 aromatic carbocycles. The van der Waals surface area contributed by atoms with Crippen molar-refractivity contribution in [1.82, 2.24) is 29.7 Å². The van der Waals surface area contributed by atoms with Crippen LogP contribution in [0.1, 0.15) is 23.6 Å². The highest BCUT2D eigenvalue weighted by atomic mass is 19.1. The van der Waals surface area contributed by atoms with Crippen LogP contribution in [0.15, 0.2) is 42.0 Å². The zero-order chi connectivity index (χ0) is 23.1. The van der Waals surface area contributed by atoms with Crippen LogP contribution < -0.4 is 4.74 Å². The average molecular weight is 453 g/mol. The van der Waals surface area contributed by atoms with Crippen molar-refractivity contribution in [2.24, 2.45) is 12.1 Å².